The minimum absolute atomic E-state index is 0.588. The topological polar surface area (TPSA) is 48.9 Å². The third-order valence-electron chi connectivity index (χ3n) is 2.67. The maximum Gasteiger partial charge on any atom is 0.107 e. The maximum absolute atomic E-state index is 10.0. The molecule has 2 rings (SSSR count). The van der Waals surface area contributed by atoms with Gasteiger partial charge in [-0.2, -0.15) is 5.10 Å². The smallest absolute Gasteiger partial charge is 0.107 e. The van der Waals surface area contributed by atoms with Crippen molar-refractivity contribution in [3.63, 3.8) is 0 Å². The molecule has 0 fully saturated rings. The summed E-state index contributed by atoms with van der Waals surface area (Å²) in [6, 6.07) is 8.09. The number of nitrogens with one attached hydrogen (secondary N) is 1. The molecule has 1 atom stereocenters. The molecule has 0 aliphatic carbocycles. The molecule has 1 unspecified atom stereocenters. The second kappa shape index (κ2) is 4.94. The van der Waals surface area contributed by atoms with Crippen LogP contribution in [0.25, 0.3) is 0 Å². The Labute approximate surface area is 95.1 Å². The van der Waals surface area contributed by atoms with E-state index >= 15 is 0 Å². The van der Waals surface area contributed by atoms with Crippen LogP contribution >= 0.6 is 0 Å². The van der Waals surface area contributed by atoms with E-state index in [0.717, 1.165) is 24.0 Å². The van der Waals surface area contributed by atoms with Gasteiger partial charge in [-0.1, -0.05) is 37.6 Å². The second-order valence-electron chi connectivity index (χ2n) is 3.93. The number of hydrogen-bond acceptors (Lipinski definition) is 2. The summed E-state index contributed by atoms with van der Waals surface area (Å²) in [7, 11) is 0. The van der Waals surface area contributed by atoms with E-state index in [0.29, 0.717) is 0 Å². The molecule has 0 aliphatic heterocycles. The summed E-state index contributed by atoms with van der Waals surface area (Å²) in [6.07, 6.45) is 5.00. The Morgan fingerprint density at radius 1 is 1.25 bits per heavy atom. The molecule has 2 N–H and O–H groups in total. The van der Waals surface area contributed by atoms with Crippen LogP contribution in [-0.2, 0) is 6.42 Å². The van der Waals surface area contributed by atoms with Gasteiger partial charge in [0.1, 0.15) is 6.10 Å². The molecule has 16 heavy (non-hydrogen) atoms. The Hall–Kier alpha value is -1.61. The Morgan fingerprint density at radius 3 is 2.56 bits per heavy atom. The van der Waals surface area contributed by atoms with Crippen molar-refractivity contribution in [3.8, 4) is 0 Å². The molecule has 3 heteroatoms. The number of H-pyrrole nitrogens is 1. The fourth-order valence-corrected chi connectivity index (χ4v) is 1.76. The molecule has 1 heterocycles. The molecule has 3 nitrogen and oxygen atoms in total. The van der Waals surface area contributed by atoms with Crippen molar-refractivity contribution in [3.05, 3.63) is 53.3 Å². The van der Waals surface area contributed by atoms with E-state index in [-0.39, 0.29) is 0 Å². The van der Waals surface area contributed by atoms with Gasteiger partial charge in [0, 0.05) is 11.8 Å². The number of hydrogen-bond donors (Lipinski definition) is 2. The van der Waals surface area contributed by atoms with Crippen LogP contribution < -0.4 is 0 Å². The zero-order valence-corrected chi connectivity index (χ0v) is 9.35. The van der Waals surface area contributed by atoms with Crippen LogP contribution in [0.3, 0.4) is 0 Å². The normalized spacial score (nSPS) is 12.6. The van der Waals surface area contributed by atoms with Crippen LogP contribution in [-0.4, -0.2) is 15.3 Å². The lowest BCUT2D eigenvalue weighted by molar-refractivity contribution is 0.220. The average molecular weight is 216 g/mol. The third kappa shape index (κ3) is 2.31. The van der Waals surface area contributed by atoms with Crippen molar-refractivity contribution in [2.75, 3.05) is 0 Å². The standard InChI is InChI=1S/C13H16N2O/c1-2-3-10-4-6-11(7-5-10)13(16)12-8-14-15-9-12/h4-9,13,16H,2-3H2,1H3,(H,14,15). The van der Waals surface area contributed by atoms with Gasteiger partial charge >= 0.3 is 0 Å². The molecule has 1 aromatic heterocycles. The summed E-state index contributed by atoms with van der Waals surface area (Å²) >= 11 is 0. The van der Waals surface area contributed by atoms with E-state index in [2.05, 4.69) is 29.3 Å². The molecule has 0 saturated heterocycles. The van der Waals surface area contributed by atoms with Crippen LogP contribution in [0.1, 0.15) is 36.1 Å². The fourth-order valence-electron chi connectivity index (χ4n) is 1.76. The first kappa shape index (κ1) is 10.9. The Bertz CT molecular complexity index is 420. The van der Waals surface area contributed by atoms with Crippen LogP contribution in [0.5, 0.6) is 0 Å². The van der Waals surface area contributed by atoms with Gasteiger partial charge in [0.25, 0.3) is 0 Å². The maximum atomic E-state index is 10.0. The molecule has 84 valence electrons. The number of aromatic nitrogens is 2. The van der Waals surface area contributed by atoms with Crippen molar-refractivity contribution in [2.45, 2.75) is 25.9 Å². The zero-order chi connectivity index (χ0) is 11.4. The Morgan fingerprint density at radius 2 is 2.00 bits per heavy atom. The van der Waals surface area contributed by atoms with E-state index in [1.807, 2.05) is 12.1 Å². The predicted molar refractivity (Wildman–Crippen MR) is 63.1 cm³/mol. The summed E-state index contributed by atoms with van der Waals surface area (Å²) in [5.41, 5.74) is 3.01. The molecular weight excluding hydrogens is 200 g/mol. The van der Waals surface area contributed by atoms with Gasteiger partial charge < -0.3 is 5.11 Å². The number of benzene rings is 1. The zero-order valence-electron chi connectivity index (χ0n) is 9.35. The highest BCUT2D eigenvalue weighted by Gasteiger charge is 2.10. The van der Waals surface area contributed by atoms with E-state index in [1.54, 1.807) is 12.4 Å². The lowest BCUT2D eigenvalue weighted by Crippen LogP contribution is -1.98. The largest absolute Gasteiger partial charge is 0.384 e. The third-order valence-corrected chi connectivity index (χ3v) is 2.67. The number of nitrogens with zero attached hydrogens (tertiary/aromatic N) is 1. The summed E-state index contributed by atoms with van der Waals surface area (Å²) in [6.45, 7) is 2.16. The molecular formula is C13H16N2O. The minimum atomic E-state index is -0.588. The lowest BCUT2D eigenvalue weighted by atomic mass is 10.0. The molecule has 0 amide bonds. The summed E-state index contributed by atoms with van der Waals surface area (Å²) in [4.78, 5) is 0. The summed E-state index contributed by atoms with van der Waals surface area (Å²) < 4.78 is 0. The van der Waals surface area contributed by atoms with Gasteiger partial charge in [-0.3, -0.25) is 5.10 Å². The molecule has 0 bridgehead atoms. The molecule has 1 aromatic carbocycles. The first-order valence-electron chi connectivity index (χ1n) is 5.57. The number of aliphatic hydroxyl groups excluding tert-OH is 1. The number of aryl methyl sites for hydroxylation is 1. The first-order valence-corrected chi connectivity index (χ1v) is 5.57. The van der Waals surface area contributed by atoms with Crippen molar-refractivity contribution in [1.29, 1.82) is 0 Å². The van der Waals surface area contributed by atoms with Gasteiger partial charge in [0.2, 0.25) is 0 Å². The van der Waals surface area contributed by atoms with Crippen LogP contribution in [0.15, 0.2) is 36.7 Å². The predicted octanol–water partition coefficient (Wildman–Crippen LogP) is 2.44. The molecule has 0 radical (unpaired) electrons. The monoisotopic (exact) mass is 216 g/mol. The Kier molecular flexibility index (Phi) is 3.37. The number of aliphatic hydroxyl groups is 1. The molecule has 0 saturated carbocycles. The highest BCUT2D eigenvalue weighted by Crippen LogP contribution is 2.21. The molecule has 2 aromatic rings. The van der Waals surface area contributed by atoms with Crippen molar-refractivity contribution in [1.82, 2.24) is 10.2 Å². The minimum Gasteiger partial charge on any atom is -0.384 e. The van der Waals surface area contributed by atoms with Gasteiger partial charge in [0.05, 0.1) is 6.20 Å². The molecule has 0 aliphatic rings. The number of aromatic amines is 1. The van der Waals surface area contributed by atoms with Crippen molar-refractivity contribution >= 4 is 0 Å². The summed E-state index contributed by atoms with van der Waals surface area (Å²) in [5, 5.41) is 16.6. The van der Waals surface area contributed by atoms with E-state index in [1.165, 1.54) is 5.56 Å². The first-order chi connectivity index (χ1) is 7.81. The fraction of sp³-hybridized carbons (Fsp3) is 0.308. The Balaban J connectivity index is 2.15. The number of rotatable bonds is 4. The van der Waals surface area contributed by atoms with Crippen LogP contribution in [0, 0.1) is 0 Å². The van der Waals surface area contributed by atoms with Crippen molar-refractivity contribution < 1.29 is 5.11 Å². The summed E-state index contributed by atoms with van der Waals surface area (Å²) in [5.74, 6) is 0. The van der Waals surface area contributed by atoms with Gasteiger partial charge in [0.15, 0.2) is 0 Å². The van der Waals surface area contributed by atoms with Gasteiger partial charge in [-0.05, 0) is 17.5 Å². The second-order valence-corrected chi connectivity index (χ2v) is 3.93. The van der Waals surface area contributed by atoms with E-state index in [9.17, 15) is 5.11 Å². The molecule has 0 spiro atoms. The van der Waals surface area contributed by atoms with E-state index < -0.39 is 6.10 Å². The highest BCUT2D eigenvalue weighted by atomic mass is 16.3. The average Bonchev–Trinajstić information content (AvgIpc) is 2.83. The van der Waals surface area contributed by atoms with Gasteiger partial charge in [-0.15, -0.1) is 0 Å². The van der Waals surface area contributed by atoms with Crippen molar-refractivity contribution in [2.24, 2.45) is 0 Å². The van der Waals surface area contributed by atoms with Crippen LogP contribution in [0.4, 0.5) is 0 Å². The highest BCUT2D eigenvalue weighted by molar-refractivity contribution is 5.29. The van der Waals surface area contributed by atoms with Gasteiger partial charge in [-0.25, -0.2) is 0 Å². The van der Waals surface area contributed by atoms with Crippen LogP contribution in [0.2, 0.25) is 0 Å². The van der Waals surface area contributed by atoms with E-state index in [4.69, 9.17) is 0 Å². The quantitative estimate of drug-likeness (QED) is 0.824. The lowest BCUT2D eigenvalue weighted by Gasteiger charge is -2.09. The SMILES string of the molecule is CCCc1ccc(C(O)c2cn[nH]c2)cc1.